The van der Waals surface area contributed by atoms with Crippen LogP contribution in [0.2, 0.25) is 0 Å². The maximum Gasteiger partial charge on any atom is -0.0169 e. The smallest absolute Gasteiger partial charge is 0.0169 e. The zero-order valence-corrected chi connectivity index (χ0v) is 6.15. The van der Waals surface area contributed by atoms with Gasteiger partial charge < -0.3 is 0 Å². The summed E-state index contributed by atoms with van der Waals surface area (Å²) in [6, 6.07) is 0. The molecule has 0 saturated carbocycles. The third-order valence-electron chi connectivity index (χ3n) is 2.74. The second-order valence-corrected chi connectivity index (χ2v) is 2.94. The Labute approximate surface area is 51.6 Å². The van der Waals surface area contributed by atoms with Crippen molar-refractivity contribution < 1.29 is 0 Å². The van der Waals surface area contributed by atoms with Crippen molar-refractivity contribution in [3.8, 4) is 0 Å². The van der Waals surface area contributed by atoms with E-state index in [9.17, 15) is 0 Å². The Bertz CT molecular complexity index is 115. The average Bonchev–Trinajstić information content (AvgIpc) is 1.83. The van der Waals surface area contributed by atoms with Gasteiger partial charge in [0.2, 0.25) is 0 Å². The topological polar surface area (TPSA) is 0 Å². The molecule has 0 heterocycles. The van der Waals surface area contributed by atoms with E-state index in [4.69, 9.17) is 0 Å². The Morgan fingerprint density at radius 2 is 1.12 bits per heavy atom. The maximum atomic E-state index is 2.30. The highest BCUT2D eigenvalue weighted by molar-refractivity contribution is 5.27. The lowest BCUT2D eigenvalue weighted by atomic mass is 9.71. The number of allylic oxidation sites excluding steroid dienone is 2. The molecule has 1 rings (SSSR count). The van der Waals surface area contributed by atoms with Crippen LogP contribution in [0.15, 0.2) is 11.1 Å². The van der Waals surface area contributed by atoms with Gasteiger partial charge in [0.25, 0.3) is 0 Å². The van der Waals surface area contributed by atoms with Crippen LogP contribution in [0.1, 0.15) is 27.7 Å². The lowest BCUT2D eigenvalue weighted by Crippen LogP contribution is -2.22. The standard InChI is InChI=1S/C8H14/c1-5-6(2)8(4)7(5)3/h5-6H,1-4H3/t5-,6-/m0/s1. The molecule has 0 radical (unpaired) electrons. The van der Waals surface area contributed by atoms with Crippen LogP contribution >= 0.6 is 0 Å². The monoisotopic (exact) mass is 110 g/mol. The van der Waals surface area contributed by atoms with Crippen molar-refractivity contribution in [1.29, 1.82) is 0 Å². The molecule has 0 unspecified atom stereocenters. The van der Waals surface area contributed by atoms with Crippen LogP contribution in [0.3, 0.4) is 0 Å². The first-order valence-corrected chi connectivity index (χ1v) is 3.32. The van der Waals surface area contributed by atoms with E-state index in [2.05, 4.69) is 27.7 Å². The van der Waals surface area contributed by atoms with Gasteiger partial charge >= 0.3 is 0 Å². The first-order valence-electron chi connectivity index (χ1n) is 3.32. The molecule has 0 saturated heterocycles. The highest BCUT2D eigenvalue weighted by Crippen LogP contribution is 2.38. The molecule has 1 aliphatic rings. The molecule has 0 nitrogen and oxygen atoms in total. The second-order valence-electron chi connectivity index (χ2n) is 2.94. The average molecular weight is 110 g/mol. The van der Waals surface area contributed by atoms with Crippen molar-refractivity contribution in [2.75, 3.05) is 0 Å². The van der Waals surface area contributed by atoms with Crippen molar-refractivity contribution in [2.24, 2.45) is 11.8 Å². The van der Waals surface area contributed by atoms with Gasteiger partial charge in [-0.3, -0.25) is 0 Å². The predicted molar refractivity (Wildman–Crippen MR) is 36.7 cm³/mol. The van der Waals surface area contributed by atoms with E-state index in [0.717, 1.165) is 11.8 Å². The zero-order chi connectivity index (χ0) is 6.31. The Hall–Kier alpha value is -0.260. The largest absolute Gasteiger partial charge is 0.0707 e. The van der Waals surface area contributed by atoms with Crippen LogP contribution in [0.5, 0.6) is 0 Å². The summed E-state index contributed by atoms with van der Waals surface area (Å²) in [5.41, 5.74) is 3.22. The highest BCUT2D eigenvalue weighted by atomic mass is 14.3. The second kappa shape index (κ2) is 1.61. The molecule has 2 atom stereocenters. The van der Waals surface area contributed by atoms with E-state index in [1.165, 1.54) is 0 Å². The van der Waals surface area contributed by atoms with Crippen molar-refractivity contribution in [1.82, 2.24) is 0 Å². The summed E-state index contributed by atoms with van der Waals surface area (Å²) in [5, 5.41) is 0. The Kier molecular flexibility index (Phi) is 1.18. The van der Waals surface area contributed by atoms with Crippen molar-refractivity contribution in [3.63, 3.8) is 0 Å². The SMILES string of the molecule is CC1=C(C)[C@@H](C)[C@@H]1C. The molecule has 1 aliphatic carbocycles. The number of rotatable bonds is 0. The summed E-state index contributed by atoms with van der Waals surface area (Å²) < 4.78 is 0. The van der Waals surface area contributed by atoms with Gasteiger partial charge in [0.15, 0.2) is 0 Å². The molecule has 0 N–H and O–H groups in total. The molecule has 0 amide bonds. The maximum absolute atomic E-state index is 2.30. The van der Waals surface area contributed by atoms with E-state index >= 15 is 0 Å². The van der Waals surface area contributed by atoms with Crippen LogP contribution in [0.4, 0.5) is 0 Å². The van der Waals surface area contributed by atoms with Gasteiger partial charge in [0.1, 0.15) is 0 Å². The normalized spacial score (nSPS) is 37.5. The minimum atomic E-state index is 0.856. The predicted octanol–water partition coefficient (Wildman–Crippen LogP) is 2.61. The quantitative estimate of drug-likeness (QED) is 0.420. The fraction of sp³-hybridized carbons (Fsp3) is 0.750. The summed E-state index contributed by atoms with van der Waals surface area (Å²) >= 11 is 0. The summed E-state index contributed by atoms with van der Waals surface area (Å²) in [7, 11) is 0. The van der Waals surface area contributed by atoms with Crippen LogP contribution in [-0.2, 0) is 0 Å². The van der Waals surface area contributed by atoms with E-state index < -0.39 is 0 Å². The Morgan fingerprint density at radius 3 is 1.25 bits per heavy atom. The first-order chi connectivity index (χ1) is 3.64. The zero-order valence-electron chi connectivity index (χ0n) is 6.15. The van der Waals surface area contributed by atoms with E-state index in [-0.39, 0.29) is 0 Å². The molecule has 0 bridgehead atoms. The van der Waals surface area contributed by atoms with E-state index in [1.54, 1.807) is 11.1 Å². The van der Waals surface area contributed by atoms with Gasteiger partial charge in [-0.2, -0.15) is 0 Å². The fourth-order valence-electron chi connectivity index (χ4n) is 1.37. The van der Waals surface area contributed by atoms with Crippen LogP contribution in [0, 0.1) is 11.8 Å². The first kappa shape index (κ1) is 5.87. The van der Waals surface area contributed by atoms with Gasteiger partial charge in [-0.05, 0) is 25.7 Å². The van der Waals surface area contributed by atoms with Crippen molar-refractivity contribution in [2.45, 2.75) is 27.7 Å². The minimum absolute atomic E-state index is 0.856. The lowest BCUT2D eigenvalue weighted by Gasteiger charge is -2.34. The van der Waals surface area contributed by atoms with Gasteiger partial charge in [0, 0.05) is 0 Å². The van der Waals surface area contributed by atoms with Gasteiger partial charge in [0.05, 0.1) is 0 Å². The molecule has 0 heteroatoms. The summed E-state index contributed by atoms with van der Waals surface area (Å²) in [5.74, 6) is 1.71. The lowest BCUT2D eigenvalue weighted by molar-refractivity contribution is 0.426. The van der Waals surface area contributed by atoms with E-state index in [0.29, 0.717) is 0 Å². The number of hydrogen-bond acceptors (Lipinski definition) is 0. The molecule has 0 spiro atoms. The van der Waals surface area contributed by atoms with Crippen molar-refractivity contribution >= 4 is 0 Å². The molecule has 8 heavy (non-hydrogen) atoms. The number of hydrogen-bond donors (Lipinski definition) is 0. The molecule has 0 aromatic rings. The van der Waals surface area contributed by atoms with Crippen molar-refractivity contribution in [3.05, 3.63) is 11.1 Å². The molecule has 46 valence electrons. The molecular weight excluding hydrogens is 96.1 g/mol. The Morgan fingerprint density at radius 1 is 0.875 bits per heavy atom. The van der Waals surface area contributed by atoms with Gasteiger partial charge in [-0.15, -0.1) is 0 Å². The summed E-state index contributed by atoms with van der Waals surface area (Å²) in [6.07, 6.45) is 0. The van der Waals surface area contributed by atoms with Crippen LogP contribution < -0.4 is 0 Å². The van der Waals surface area contributed by atoms with Gasteiger partial charge in [-0.1, -0.05) is 25.0 Å². The molecule has 0 aliphatic heterocycles. The van der Waals surface area contributed by atoms with Crippen LogP contribution in [-0.4, -0.2) is 0 Å². The molecule has 0 aromatic heterocycles. The summed E-state index contributed by atoms with van der Waals surface area (Å²) in [6.45, 7) is 9.07. The third-order valence-corrected chi connectivity index (χ3v) is 2.74. The fourth-order valence-corrected chi connectivity index (χ4v) is 1.37. The molecule has 0 fully saturated rings. The third kappa shape index (κ3) is 0.521. The van der Waals surface area contributed by atoms with Gasteiger partial charge in [-0.25, -0.2) is 0 Å². The highest BCUT2D eigenvalue weighted by Gasteiger charge is 2.26. The summed E-state index contributed by atoms with van der Waals surface area (Å²) in [4.78, 5) is 0. The van der Waals surface area contributed by atoms with E-state index in [1.807, 2.05) is 0 Å². The minimum Gasteiger partial charge on any atom is -0.0707 e. The molecule has 0 aromatic carbocycles. The Balaban J connectivity index is 2.74. The van der Waals surface area contributed by atoms with Crippen LogP contribution in [0.25, 0.3) is 0 Å². The molecular formula is C8H14.